The summed E-state index contributed by atoms with van der Waals surface area (Å²) >= 11 is 0. The Morgan fingerprint density at radius 2 is 1.92 bits per heavy atom. The second-order valence-electron chi connectivity index (χ2n) is 6.63. The highest BCUT2D eigenvalue weighted by molar-refractivity contribution is 5.92. The van der Waals surface area contributed by atoms with Gasteiger partial charge in [-0.3, -0.25) is 4.79 Å². The van der Waals surface area contributed by atoms with Gasteiger partial charge in [0.25, 0.3) is 5.91 Å². The minimum Gasteiger partial charge on any atom is -0.491 e. The molecule has 1 atom stereocenters. The van der Waals surface area contributed by atoms with Crippen molar-refractivity contribution in [2.45, 2.75) is 32.8 Å². The molecule has 26 heavy (non-hydrogen) atoms. The van der Waals surface area contributed by atoms with Crippen LogP contribution in [0.25, 0.3) is 0 Å². The molecule has 5 nitrogen and oxygen atoms in total. The second-order valence-corrected chi connectivity index (χ2v) is 6.63. The fourth-order valence-electron chi connectivity index (χ4n) is 2.99. The van der Waals surface area contributed by atoms with E-state index < -0.39 is 0 Å². The van der Waals surface area contributed by atoms with Crippen LogP contribution < -0.4 is 14.8 Å². The van der Waals surface area contributed by atoms with Crippen LogP contribution in [0.4, 0.5) is 5.69 Å². The van der Waals surface area contributed by atoms with Gasteiger partial charge in [0.05, 0.1) is 6.10 Å². The SMILES string of the molecule is Cc1cc(C)cc(OCC(=O)Nc2cccc(OC[C@@H]3CCCO3)c2)c1. The number of anilines is 1. The number of amides is 1. The van der Waals surface area contributed by atoms with Crippen LogP contribution in [-0.2, 0) is 9.53 Å². The Balaban J connectivity index is 1.49. The molecule has 0 bridgehead atoms. The van der Waals surface area contributed by atoms with Crippen LogP contribution >= 0.6 is 0 Å². The maximum atomic E-state index is 12.1. The van der Waals surface area contributed by atoms with E-state index in [9.17, 15) is 4.79 Å². The van der Waals surface area contributed by atoms with Gasteiger partial charge in [0, 0.05) is 18.4 Å². The van der Waals surface area contributed by atoms with Crippen LogP contribution in [0, 0.1) is 13.8 Å². The molecular formula is C21H25NO4. The van der Waals surface area contributed by atoms with Crippen molar-refractivity contribution in [3.8, 4) is 11.5 Å². The minimum absolute atomic E-state index is 0.0378. The topological polar surface area (TPSA) is 56.8 Å². The fourth-order valence-corrected chi connectivity index (χ4v) is 2.99. The van der Waals surface area contributed by atoms with Gasteiger partial charge in [0.15, 0.2) is 6.61 Å². The summed E-state index contributed by atoms with van der Waals surface area (Å²) in [5.74, 6) is 1.21. The summed E-state index contributed by atoms with van der Waals surface area (Å²) in [5.41, 5.74) is 2.90. The molecule has 2 aromatic carbocycles. The van der Waals surface area contributed by atoms with Crippen molar-refractivity contribution in [3.05, 3.63) is 53.6 Å². The number of rotatable bonds is 7. The second kappa shape index (κ2) is 8.72. The number of hydrogen-bond donors (Lipinski definition) is 1. The Morgan fingerprint density at radius 1 is 1.12 bits per heavy atom. The third-order valence-corrected chi connectivity index (χ3v) is 4.14. The number of carbonyl (C=O) groups excluding carboxylic acids is 1. The Hall–Kier alpha value is -2.53. The molecule has 1 aliphatic heterocycles. The van der Waals surface area contributed by atoms with Crippen molar-refractivity contribution in [1.82, 2.24) is 0 Å². The molecule has 2 aromatic rings. The lowest BCUT2D eigenvalue weighted by Gasteiger charge is -2.13. The van der Waals surface area contributed by atoms with Crippen molar-refractivity contribution in [2.24, 2.45) is 0 Å². The van der Waals surface area contributed by atoms with Gasteiger partial charge in [0.2, 0.25) is 0 Å². The highest BCUT2D eigenvalue weighted by Gasteiger charge is 2.16. The molecule has 0 saturated carbocycles. The number of hydrogen-bond acceptors (Lipinski definition) is 4. The van der Waals surface area contributed by atoms with Crippen LogP contribution in [0.3, 0.4) is 0 Å². The van der Waals surface area contributed by atoms with E-state index >= 15 is 0 Å². The van der Waals surface area contributed by atoms with E-state index in [1.54, 1.807) is 0 Å². The molecule has 1 amide bonds. The number of benzene rings is 2. The average Bonchev–Trinajstić information content (AvgIpc) is 3.11. The Kier molecular flexibility index (Phi) is 6.12. The summed E-state index contributed by atoms with van der Waals surface area (Å²) in [4.78, 5) is 12.1. The molecule has 138 valence electrons. The maximum Gasteiger partial charge on any atom is 0.262 e. The zero-order valence-electron chi connectivity index (χ0n) is 15.3. The van der Waals surface area contributed by atoms with E-state index in [0.717, 1.165) is 30.6 Å². The van der Waals surface area contributed by atoms with E-state index in [4.69, 9.17) is 14.2 Å². The number of ether oxygens (including phenoxy) is 3. The Labute approximate surface area is 154 Å². The van der Waals surface area contributed by atoms with Gasteiger partial charge in [0.1, 0.15) is 18.1 Å². The van der Waals surface area contributed by atoms with Crippen LogP contribution in [0.2, 0.25) is 0 Å². The van der Waals surface area contributed by atoms with E-state index in [0.29, 0.717) is 23.8 Å². The van der Waals surface area contributed by atoms with Crippen molar-refractivity contribution in [1.29, 1.82) is 0 Å². The number of carbonyl (C=O) groups is 1. The zero-order chi connectivity index (χ0) is 18.4. The summed E-state index contributed by atoms with van der Waals surface area (Å²) in [6.45, 7) is 5.31. The van der Waals surface area contributed by atoms with Gasteiger partial charge in [-0.05, 0) is 62.1 Å². The predicted octanol–water partition coefficient (Wildman–Crippen LogP) is 3.88. The van der Waals surface area contributed by atoms with Gasteiger partial charge in [-0.1, -0.05) is 12.1 Å². The average molecular weight is 355 g/mol. The van der Waals surface area contributed by atoms with Gasteiger partial charge in [-0.2, -0.15) is 0 Å². The van der Waals surface area contributed by atoms with Gasteiger partial charge >= 0.3 is 0 Å². The minimum atomic E-state index is -0.208. The molecule has 5 heteroatoms. The summed E-state index contributed by atoms with van der Waals surface area (Å²) in [6.07, 6.45) is 2.29. The third-order valence-electron chi connectivity index (χ3n) is 4.14. The van der Waals surface area contributed by atoms with E-state index in [-0.39, 0.29) is 18.6 Å². The smallest absolute Gasteiger partial charge is 0.262 e. The van der Waals surface area contributed by atoms with Crippen molar-refractivity contribution in [2.75, 3.05) is 25.1 Å². The lowest BCUT2D eigenvalue weighted by atomic mass is 10.1. The first-order chi connectivity index (χ1) is 12.6. The van der Waals surface area contributed by atoms with E-state index in [1.165, 1.54) is 0 Å². The molecule has 0 spiro atoms. The molecular weight excluding hydrogens is 330 g/mol. The van der Waals surface area contributed by atoms with Crippen LogP contribution in [0.5, 0.6) is 11.5 Å². The summed E-state index contributed by atoms with van der Waals surface area (Å²) in [6, 6.07) is 13.3. The fraction of sp³-hybridized carbons (Fsp3) is 0.381. The van der Waals surface area contributed by atoms with Crippen LogP contribution in [0.1, 0.15) is 24.0 Å². The zero-order valence-corrected chi connectivity index (χ0v) is 15.3. The summed E-state index contributed by atoms with van der Waals surface area (Å²) in [7, 11) is 0. The molecule has 0 aliphatic carbocycles. The number of nitrogens with one attached hydrogen (secondary N) is 1. The highest BCUT2D eigenvalue weighted by atomic mass is 16.5. The summed E-state index contributed by atoms with van der Waals surface area (Å²) in [5, 5.41) is 2.83. The molecule has 1 N–H and O–H groups in total. The van der Waals surface area contributed by atoms with Crippen molar-refractivity contribution >= 4 is 11.6 Å². The van der Waals surface area contributed by atoms with Gasteiger partial charge < -0.3 is 19.5 Å². The van der Waals surface area contributed by atoms with Crippen molar-refractivity contribution in [3.63, 3.8) is 0 Å². The molecule has 1 aliphatic rings. The largest absolute Gasteiger partial charge is 0.491 e. The molecule has 1 heterocycles. The first-order valence-corrected chi connectivity index (χ1v) is 8.94. The van der Waals surface area contributed by atoms with Crippen molar-refractivity contribution < 1.29 is 19.0 Å². The molecule has 3 rings (SSSR count). The monoisotopic (exact) mass is 355 g/mol. The maximum absolute atomic E-state index is 12.1. The number of aryl methyl sites for hydroxylation is 2. The van der Waals surface area contributed by atoms with Crippen LogP contribution in [-0.4, -0.2) is 31.8 Å². The van der Waals surface area contributed by atoms with E-state index in [1.807, 2.05) is 50.2 Å². The molecule has 0 radical (unpaired) electrons. The standard InChI is InChI=1S/C21H25NO4/c1-15-9-16(2)11-20(10-15)26-14-21(23)22-17-5-3-6-18(12-17)25-13-19-7-4-8-24-19/h3,5-6,9-12,19H,4,7-8,13-14H2,1-2H3,(H,22,23)/t19-/m0/s1. The van der Waals surface area contributed by atoms with Gasteiger partial charge in [-0.15, -0.1) is 0 Å². The first kappa shape index (κ1) is 18.3. The lowest BCUT2D eigenvalue weighted by molar-refractivity contribution is -0.118. The molecule has 0 unspecified atom stereocenters. The summed E-state index contributed by atoms with van der Waals surface area (Å²) < 4.78 is 16.9. The van der Waals surface area contributed by atoms with Crippen LogP contribution in [0.15, 0.2) is 42.5 Å². The highest BCUT2D eigenvalue weighted by Crippen LogP contribution is 2.20. The van der Waals surface area contributed by atoms with E-state index in [2.05, 4.69) is 11.4 Å². The third kappa shape index (κ3) is 5.49. The molecule has 1 saturated heterocycles. The Bertz CT molecular complexity index is 733. The Morgan fingerprint density at radius 3 is 2.65 bits per heavy atom. The quantitative estimate of drug-likeness (QED) is 0.819. The van der Waals surface area contributed by atoms with Gasteiger partial charge in [-0.25, -0.2) is 0 Å². The molecule has 1 fully saturated rings. The molecule has 0 aromatic heterocycles. The normalized spacial score (nSPS) is 16.3. The lowest BCUT2D eigenvalue weighted by Crippen LogP contribution is -2.20. The predicted molar refractivity (Wildman–Crippen MR) is 101 cm³/mol. The first-order valence-electron chi connectivity index (χ1n) is 8.94.